The van der Waals surface area contributed by atoms with Crippen molar-refractivity contribution in [3.05, 3.63) is 59.8 Å². The molecule has 4 nitrogen and oxygen atoms in total. The van der Waals surface area contributed by atoms with Crippen molar-refractivity contribution in [2.45, 2.75) is 38.0 Å². The summed E-state index contributed by atoms with van der Waals surface area (Å²) >= 11 is 0. The first kappa shape index (κ1) is 17.9. The van der Waals surface area contributed by atoms with Gasteiger partial charge in [-0.1, -0.05) is 12.1 Å². The minimum absolute atomic E-state index is 0.333. The fourth-order valence-corrected chi connectivity index (χ4v) is 4.26. The number of aromatic nitrogens is 1. The molecular weight excluding hydrogens is 336 g/mol. The minimum atomic E-state index is 0.333. The van der Waals surface area contributed by atoms with Crippen molar-refractivity contribution in [3.8, 4) is 11.5 Å². The number of nitrogens with one attached hydrogen (secondary N) is 1. The van der Waals surface area contributed by atoms with E-state index in [0.29, 0.717) is 17.4 Å². The van der Waals surface area contributed by atoms with Gasteiger partial charge in [0, 0.05) is 17.1 Å². The molecule has 1 aromatic heterocycles. The zero-order valence-electron chi connectivity index (χ0n) is 15.7. The van der Waals surface area contributed by atoms with Crippen LogP contribution >= 0.6 is 0 Å². The van der Waals surface area contributed by atoms with Gasteiger partial charge < -0.3 is 20.1 Å². The fourth-order valence-electron chi connectivity index (χ4n) is 4.26. The van der Waals surface area contributed by atoms with Crippen molar-refractivity contribution >= 4 is 10.9 Å². The number of unbranched alkanes of at least 4 members (excludes halogenated alkanes) is 1. The Hall–Kier alpha value is -2.46. The van der Waals surface area contributed by atoms with Gasteiger partial charge in [0.1, 0.15) is 11.5 Å². The Morgan fingerprint density at radius 2 is 1.67 bits per heavy atom. The van der Waals surface area contributed by atoms with E-state index < -0.39 is 0 Å². The standard InChI is InChI=1S/C23H28N2O2/c26-20-6-4-17(5-7-20)18-10-13-25(14-11-18)12-2-1-3-19-16-24-23-9-8-21(27)15-22(19)23/h4-9,15-16,18,24,26-27H,1-3,10-14H2. The fraction of sp³-hybridized carbons (Fsp3) is 0.391. The molecule has 0 bridgehead atoms. The lowest BCUT2D eigenvalue weighted by Gasteiger charge is -2.32. The second kappa shape index (κ2) is 8.05. The third kappa shape index (κ3) is 4.28. The van der Waals surface area contributed by atoms with Crippen LogP contribution in [0, 0.1) is 0 Å². The molecule has 27 heavy (non-hydrogen) atoms. The van der Waals surface area contributed by atoms with Crippen molar-refractivity contribution < 1.29 is 10.2 Å². The van der Waals surface area contributed by atoms with Crippen LogP contribution in [0.1, 0.15) is 42.7 Å². The van der Waals surface area contributed by atoms with Crippen LogP contribution in [0.2, 0.25) is 0 Å². The second-order valence-electron chi connectivity index (χ2n) is 7.71. The average Bonchev–Trinajstić information content (AvgIpc) is 3.08. The number of piperidine rings is 1. The lowest BCUT2D eigenvalue weighted by molar-refractivity contribution is 0.209. The summed E-state index contributed by atoms with van der Waals surface area (Å²) in [5, 5.41) is 20.3. The van der Waals surface area contributed by atoms with Gasteiger partial charge in [-0.15, -0.1) is 0 Å². The number of H-pyrrole nitrogens is 1. The highest BCUT2D eigenvalue weighted by Crippen LogP contribution is 2.29. The Morgan fingerprint density at radius 3 is 2.44 bits per heavy atom. The largest absolute Gasteiger partial charge is 0.508 e. The van der Waals surface area contributed by atoms with Gasteiger partial charge in [-0.2, -0.15) is 0 Å². The predicted molar refractivity (Wildman–Crippen MR) is 109 cm³/mol. The number of hydrogen-bond donors (Lipinski definition) is 3. The van der Waals surface area contributed by atoms with Crippen LogP contribution in [-0.2, 0) is 6.42 Å². The molecule has 0 atom stereocenters. The first-order valence-corrected chi connectivity index (χ1v) is 9.99. The molecule has 3 N–H and O–H groups in total. The maximum Gasteiger partial charge on any atom is 0.116 e. The summed E-state index contributed by atoms with van der Waals surface area (Å²) in [4.78, 5) is 5.87. The number of phenolic OH excluding ortho intramolecular Hbond substituents is 2. The van der Waals surface area contributed by atoms with Crippen LogP contribution in [0.25, 0.3) is 10.9 Å². The van der Waals surface area contributed by atoms with Gasteiger partial charge in [0.2, 0.25) is 0 Å². The number of nitrogens with zero attached hydrogens (tertiary/aromatic N) is 1. The third-order valence-electron chi connectivity index (χ3n) is 5.87. The second-order valence-corrected chi connectivity index (χ2v) is 7.71. The number of aromatic hydroxyl groups is 2. The van der Waals surface area contributed by atoms with E-state index in [9.17, 15) is 10.2 Å². The Kier molecular flexibility index (Phi) is 5.35. The molecule has 4 heteroatoms. The Labute approximate surface area is 160 Å². The quantitative estimate of drug-likeness (QED) is 0.552. The molecule has 0 unspecified atom stereocenters. The average molecular weight is 364 g/mol. The summed E-state index contributed by atoms with van der Waals surface area (Å²) < 4.78 is 0. The summed E-state index contributed by atoms with van der Waals surface area (Å²) in [6.07, 6.45) is 7.90. The molecule has 1 aliphatic heterocycles. The van der Waals surface area contributed by atoms with Gasteiger partial charge in [0.05, 0.1) is 0 Å². The summed E-state index contributed by atoms with van der Waals surface area (Å²) in [6.45, 7) is 3.48. The molecule has 2 aromatic carbocycles. The van der Waals surface area contributed by atoms with E-state index in [0.717, 1.165) is 37.0 Å². The number of hydrogen-bond acceptors (Lipinski definition) is 3. The number of likely N-dealkylation sites (tertiary alicyclic amines) is 1. The minimum Gasteiger partial charge on any atom is -0.508 e. The number of phenols is 2. The lowest BCUT2D eigenvalue weighted by Crippen LogP contribution is -2.33. The molecule has 1 aliphatic rings. The van der Waals surface area contributed by atoms with Crippen molar-refractivity contribution in [1.29, 1.82) is 0 Å². The summed E-state index contributed by atoms with van der Waals surface area (Å²) in [5.74, 6) is 1.31. The number of rotatable bonds is 6. The first-order chi connectivity index (χ1) is 13.2. The molecule has 0 amide bonds. The Balaban J connectivity index is 1.21. The molecule has 142 valence electrons. The highest BCUT2D eigenvalue weighted by atomic mass is 16.3. The van der Waals surface area contributed by atoms with Gasteiger partial charge in [-0.3, -0.25) is 0 Å². The monoisotopic (exact) mass is 364 g/mol. The SMILES string of the molecule is Oc1ccc(C2CCN(CCCCc3c[nH]c4ccc(O)cc34)CC2)cc1. The van der Waals surface area contributed by atoms with Crippen LogP contribution in [0.4, 0.5) is 0 Å². The van der Waals surface area contributed by atoms with E-state index in [4.69, 9.17) is 0 Å². The molecular formula is C23H28N2O2. The van der Waals surface area contributed by atoms with E-state index in [1.165, 1.54) is 36.8 Å². The van der Waals surface area contributed by atoms with Crippen molar-refractivity contribution in [1.82, 2.24) is 9.88 Å². The number of fused-ring (bicyclic) bond motifs is 1. The van der Waals surface area contributed by atoms with Crippen LogP contribution in [0.5, 0.6) is 11.5 Å². The summed E-state index contributed by atoms with van der Waals surface area (Å²) in [6, 6.07) is 13.2. The zero-order valence-corrected chi connectivity index (χ0v) is 15.7. The number of aromatic amines is 1. The lowest BCUT2D eigenvalue weighted by atomic mass is 9.89. The molecule has 1 saturated heterocycles. The van der Waals surface area contributed by atoms with E-state index in [2.05, 4.69) is 28.2 Å². The van der Waals surface area contributed by atoms with Gasteiger partial charge >= 0.3 is 0 Å². The van der Waals surface area contributed by atoms with Crippen LogP contribution in [0.15, 0.2) is 48.7 Å². The Bertz CT molecular complexity index is 877. The van der Waals surface area contributed by atoms with Crippen molar-refractivity contribution in [2.75, 3.05) is 19.6 Å². The van der Waals surface area contributed by atoms with E-state index in [1.807, 2.05) is 12.1 Å². The smallest absolute Gasteiger partial charge is 0.116 e. The van der Waals surface area contributed by atoms with Crippen LogP contribution in [0.3, 0.4) is 0 Å². The maximum absolute atomic E-state index is 9.70. The van der Waals surface area contributed by atoms with E-state index in [-0.39, 0.29) is 0 Å². The van der Waals surface area contributed by atoms with Crippen molar-refractivity contribution in [3.63, 3.8) is 0 Å². The predicted octanol–water partition coefficient (Wildman–Crippen LogP) is 4.78. The van der Waals surface area contributed by atoms with Gasteiger partial charge in [-0.25, -0.2) is 0 Å². The Morgan fingerprint density at radius 1 is 0.926 bits per heavy atom. The van der Waals surface area contributed by atoms with Crippen LogP contribution in [-0.4, -0.2) is 39.7 Å². The molecule has 0 saturated carbocycles. The molecule has 2 heterocycles. The highest BCUT2D eigenvalue weighted by molar-refractivity contribution is 5.84. The van der Waals surface area contributed by atoms with E-state index in [1.54, 1.807) is 18.2 Å². The summed E-state index contributed by atoms with van der Waals surface area (Å²) in [7, 11) is 0. The van der Waals surface area contributed by atoms with Gasteiger partial charge in [-0.05, 0) is 99.1 Å². The number of aryl methyl sites for hydroxylation is 1. The van der Waals surface area contributed by atoms with Gasteiger partial charge in [0.15, 0.2) is 0 Å². The van der Waals surface area contributed by atoms with Crippen LogP contribution < -0.4 is 0 Å². The van der Waals surface area contributed by atoms with Crippen molar-refractivity contribution in [2.24, 2.45) is 0 Å². The first-order valence-electron chi connectivity index (χ1n) is 9.99. The van der Waals surface area contributed by atoms with E-state index >= 15 is 0 Å². The number of benzene rings is 2. The summed E-state index contributed by atoms with van der Waals surface area (Å²) in [5.41, 5.74) is 3.75. The molecule has 0 aliphatic carbocycles. The normalized spacial score (nSPS) is 16.1. The molecule has 1 fully saturated rings. The molecule has 0 radical (unpaired) electrons. The molecule has 0 spiro atoms. The molecule has 3 aromatic rings. The highest BCUT2D eigenvalue weighted by Gasteiger charge is 2.20. The third-order valence-corrected chi connectivity index (χ3v) is 5.87. The molecule has 4 rings (SSSR count). The zero-order chi connectivity index (χ0) is 18.6. The topological polar surface area (TPSA) is 59.5 Å². The van der Waals surface area contributed by atoms with Gasteiger partial charge in [0.25, 0.3) is 0 Å². The maximum atomic E-state index is 9.70.